The number of hydrogen-bond acceptors (Lipinski definition) is 12. The van der Waals surface area contributed by atoms with E-state index in [-0.39, 0.29) is 48.6 Å². The fraction of sp³-hybridized carbons (Fsp3) is 0.903. The normalized spacial score (nSPS) is 48.5. The molecule has 5 rings (SSSR count). The van der Waals surface area contributed by atoms with E-state index in [0.717, 1.165) is 19.3 Å². The Labute approximate surface area is 257 Å². The number of fused-ring (bicyclic) bond motifs is 1. The van der Waals surface area contributed by atoms with Crippen molar-refractivity contribution in [1.82, 2.24) is 0 Å². The molecule has 44 heavy (non-hydrogen) atoms. The summed E-state index contributed by atoms with van der Waals surface area (Å²) in [5.41, 5.74) is 0. The third kappa shape index (κ3) is 7.83. The van der Waals surface area contributed by atoms with Crippen molar-refractivity contribution in [2.45, 2.75) is 144 Å². The van der Waals surface area contributed by atoms with Crippen LogP contribution in [0.4, 0.5) is 0 Å². The lowest BCUT2D eigenvalue weighted by atomic mass is 9.73. The molecule has 3 saturated carbocycles. The molecule has 252 valence electrons. The summed E-state index contributed by atoms with van der Waals surface area (Å²) in [6.45, 7) is -0.587. The summed E-state index contributed by atoms with van der Waals surface area (Å²) in [6.07, 6.45) is -1.97. The Kier molecular flexibility index (Phi) is 11.7. The van der Waals surface area contributed by atoms with E-state index in [9.17, 15) is 40.5 Å². The maximum atomic E-state index is 13.2. The Morgan fingerprint density at radius 2 is 1.59 bits per heavy atom. The molecule has 0 aromatic rings. The van der Waals surface area contributed by atoms with Crippen molar-refractivity contribution in [2.24, 2.45) is 17.8 Å². The molecular formula is C31H51O13+. The van der Waals surface area contributed by atoms with Gasteiger partial charge in [-0.2, -0.15) is 0 Å². The molecule has 2 saturated heterocycles. The van der Waals surface area contributed by atoms with Gasteiger partial charge < -0.3 is 59.4 Å². The molecule has 2 heterocycles. The highest BCUT2D eigenvalue weighted by Gasteiger charge is 2.55. The van der Waals surface area contributed by atoms with Crippen molar-refractivity contribution in [3.63, 3.8) is 0 Å². The predicted octanol–water partition coefficient (Wildman–Crippen LogP) is -1.19. The lowest BCUT2D eigenvalue weighted by Crippen LogP contribution is -2.62. The van der Waals surface area contributed by atoms with Crippen LogP contribution in [0, 0.1) is 17.8 Å². The summed E-state index contributed by atoms with van der Waals surface area (Å²) in [7, 11) is 1.57. The van der Waals surface area contributed by atoms with E-state index in [2.05, 4.69) is 0 Å². The molecule has 5 aliphatic rings. The number of esters is 1. The number of carbonyl (C=O) groups excluding carboxylic acids is 1. The van der Waals surface area contributed by atoms with E-state index in [1.165, 1.54) is 6.08 Å². The van der Waals surface area contributed by atoms with Crippen LogP contribution in [-0.4, -0.2) is 140 Å². The molecule has 13 nitrogen and oxygen atoms in total. The topological polar surface area (TPSA) is 208 Å². The number of carbonyl (C=O) groups is 1. The largest absolute Gasteiger partial charge is 0.451 e. The van der Waals surface area contributed by atoms with Crippen molar-refractivity contribution >= 4 is 5.97 Å². The number of ether oxygens (including phenoxy) is 5. The zero-order valence-corrected chi connectivity index (χ0v) is 25.3. The molecule has 0 aromatic heterocycles. The van der Waals surface area contributed by atoms with Gasteiger partial charge >= 0.3 is 5.97 Å². The second kappa shape index (κ2) is 15.1. The van der Waals surface area contributed by atoms with Gasteiger partial charge in [-0.05, 0) is 50.9 Å². The average Bonchev–Trinajstić information content (AvgIpc) is 3.01. The molecule has 0 aromatic carbocycles. The van der Waals surface area contributed by atoms with Crippen LogP contribution in [0.5, 0.6) is 0 Å². The quantitative estimate of drug-likeness (QED) is 0.0958. The fourth-order valence-corrected chi connectivity index (χ4v) is 7.92. The number of aliphatic hydroxyl groups is 9. The van der Waals surface area contributed by atoms with Gasteiger partial charge in [0.25, 0.3) is 0 Å². The second-order valence-electron chi connectivity index (χ2n) is 13.4. The van der Waals surface area contributed by atoms with E-state index >= 15 is 0 Å². The number of allylic oxidation sites excluding steroid dienone is 1. The standard InChI is InChI=1S/C31H50O13/c1-40-23-10-15(2-8-20(23)35)3-9-26(36)41-24-13-19-21(42-30(24)16-4-6-17(33)7-5-16)11-18(34)12-22(19)43-31-29(39)28(38)27(37)25(14-32)44-31/h3,9,15-25,27-35,37-39H,2,4-8,10-14H2,1H3/p+1/t15?,16?,17?,18?,19?,20?,21?,22?,23?,24?,25-,27-,28-,29-,30?,31-/m1/s1. The van der Waals surface area contributed by atoms with Gasteiger partial charge in [-0.3, -0.25) is 0 Å². The summed E-state index contributed by atoms with van der Waals surface area (Å²) in [5.74, 6) is -0.609. The summed E-state index contributed by atoms with van der Waals surface area (Å²) in [5, 5.41) is 71.6. The van der Waals surface area contributed by atoms with Gasteiger partial charge in [0.2, 0.25) is 0 Å². The summed E-state index contributed by atoms with van der Waals surface area (Å²) < 4.78 is 28.3. The van der Waals surface area contributed by atoms with Gasteiger partial charge in [0, 0.05) is 38.4 Å². The number of rotatable bonds is 8. The van der Waals surface area contributed by atoms with Crippen molar-refractivity contribution in [1.29, 1.82) is 0 Å². The first-order chi connectivity index (χ1) is 21.1. The van der Waals surface area contributed by atoms with E-state index in [4.69, 9.17) is 23.7 Å². The van der Waals surface area contributed by atoms with Gasteiger partial charge in [0.1, 0.15) is 24.4 Å². The number of hydrogen-bond donors (Lipinski definition) is 7. The van der Waals surface area contributed by atoms with Crippen molar-refractivity contribution in [2.75, 3.05) is 13.7 Å². The highest BCUT2D eigenvalue weighted by Crippen LogP contribution is 2.43. The number of methoxy groups -OCH3 is 1. The molecule has 5 fully saturated rings. The Morgan fingerprint density at radius 1 is 0.841 bits per heavy atom. The Balaban J connectivity index is 1.30. The van der Waals surface area contributed by atoms with E-state index < -0.39 is 67.7 Å². The molecule has 0 spiro atoms. The molecule has 8 N–H and O–H groups in total. The van der Waals surface area contributed by atoms with Crippen LogP contribution in [0.25, 0.3) is 0 Å². The van der Waals surface area contributed by atoms with Crippen LogP contribution in [0.2, 0.25) is 0 Å². The third-order valence-electron chi connectivity index (χ3n) is 10.5. The molecule has 14 atom stereocenters. The lowest BCUT2D eigenvalue weighted by Gasteiger charge is -2.48. The third-order valence-corrected chi connectivity index (χ3v) is 10.5. The van der Waals surface area contributed by atoms with Crippen LogP contribution >= 0.6 is 0 Å². The van der Waals surface area contributed by atoms with Gasteiger partial charge in [0.05, 0.1) is 43.0 Å². The van der Waals surface area contributed by atoms with E-state index in [0.29, 0.717) is 38.5 Å². The zero-order valence-electron chi connectivity index (χ0n) is 25.3. The van der Waals surface area contributed by atoms with Crippen molar-refractivity contribution < 1.29 is 64.2 Å². The first-order valence-corrected chi connectivity index (χ1v) is 16.2. The van der Waals surface area contributed by atoms with Gasteiger partial charge in [-0.15, -0.1) is 0 Å². The van der Waals surface area contributed by atoms with Gasteiger partial charge in [0.15, 0.2) is 24.6 Å². The molecule has 9 unspecified atom stereocenters. The monoisotopic (exact) mass is 631 g/mol. The summed E-state index contributed by atoms with van der Waals surface area (Å²) in [4.78, 5) is 13.2. The maximum absolute atomic E-state index is 13.2. The zero-order chi connectivity index (χ0) is 31.5. The highest BCUT2D eigenvalue weighted by atomic mass is 16.7. The Morgan fingerprint density at radius 3 is 2.30 bits per heavy atom. The van der Waals surface area contributed by atoms with Crippen LogP contribution in [0.1, 0.15) is 64.2 Å². The molecular weight excluding hydrogens is 580 g/mol. The van der Waals surface area contributed by atoms with Gasteiger partial charge in [-0.1, -0.05) is 6.08 Å². The van der Waals surface area contributed by atoms with Gasteiger partial charge in [-0.25, -0.2) is 4.79 Å². The number of aliphatic hydroxyl groups excluding tert-OH is 7. The van der Waals surface area contributed by atoms with Crippen LogP contribution in [-0.2, 0) is 23.7 Å². The minimum Gasteiger partial charge on any atom is -0.451 e. The molecule has 2 aliphatic heterocycles. The molecule has 0 bridgehead atoms. The Hall–Kier alpha value is -1.23. The molecule has 13 heteroatoms. The second-order valence-corrected chi connectivity index (χ2v) is 13.4. The van der Waals surface area contributed by atoms with Crippen LogP contribution in [0.3, 0.4) is 0 Å². The van der Waals surface area contributed by atoms with Crippen LogP contribution in [0.15, 0.2) is 12.2 Å². The SMILES string of the molecule is COC1CC(C=CC(=O)OC2CC3C(O[C@@H]4O[C@H](CO)[C@@H](O)[C@@H](O)[C@H]4O)CC(O)CC3[OH+]C2C2CCC(O)CC2)CCC1O. The summed E-state index contributed by atoms with van der Waals surface area (Å²) in [6, 6.07) is 0. The van der Waals surface area contributed by atoms with Crippen molar-refractivity contribution in [3.8, 4) is 0 Å². The fourth-order valence-electron chi connectivity index (χ4n) is 7.92. The molecule has 0 radical (unpaired) electrons. The Bertz CT molecular complexity index is 955. The minimum absolute atomic E-state index is 0.0723. The minimum atomic E-state index is -1.59. The van der Waals surface area contributed by atoms with Crippen LogP contribution < -0.4 is 0 Å². The summed E-state index contributed by atoms with van der Waals surface area (Å²) >= 11 is 0. The highest BCUT2D eigenvalue weighted by molar-refractivity contribution is 5.82. The lowest BCUT2D eigenvalue weighted by molar-refractivity contribution is -0.342. The average molecular weight is 632 g/mol. The maximum Gasteiger partial charge on any atom is 0.331 e. The van der Waals surface area contributed by atoms with Crippen molar-refractivity contribution in [3.05, 3.63) is 12.2 Å². The first kappa shape index (κ1) is 34.1. The van der Waals surface area contributed by atoms with E-state index in [1.807, 2.05) is 6.08 Å². The smallest absolute Gasteiger partial charge is 0.331 e. The first-order valence-electron chi connectivity index (χ1n) is 16.2. The molecule has 0 amide bonds. The molecule has 3 aliphatic carbocycles. The predicted molar refractivity (Wildman–Crippen MR) is 153 cm³/mol. The van der Waals surface area contributed by atoms with E-state index in [1.54, 1.807) is 7.11 Å².